The molecule has 1 saturated carbocycles. The summed E-state index contributed by atoms with van der Waals surface area (Å²) in [5.41, 5.74) is 4.81. The van der Waals surface area contributed by atoms with E-state index < -0.39 is 9.84 Å². The molecule has 2 rings (SSSR count). The highest BCUT2D eigenvalue weighted by Gasteiger charge is 2.34. The van der Waals surface area contributed by atoms with Crippen LogP contribution in [-0.2, 0) is 9.84 Å². The summed E-state index contributed by atoms with van der Waals surface area (Å²) < 4.78 is 23.6. The lowest BCUT2D eigenvalue weighted by molar-refractivity contribution is 0.274. The molecule has 1 fully saturated rings. The third-order valence-electron chi connectivity index (χ3n) is 4.48. The fraction of sp³-hybridized carbons (Fsp3) is 0.600. The number of aryl methyl sites for hydroxylation is 1. The Morgan fingerprint density at radius 3 is 2.71 bits per heavy atom. The molecule has 0 heterocycles. The number of nitrogens with one attached hydrogen (secondary N) is 1. The lowest BCUT2D eigenvalue weighted by Crippen LogP contribution is -2.38. The van der Waals surface area contributed by atoms with Gasteiger partial charge in [0.05, 0.1) is 11.3 Å². The first kappa shape index (κ1) is 16.7. The molecule has 0 bridgehead atoms. The summed E-state index contributed by atoms with van der Waals surface area (Å²) in [4.78, 5) is 0. The van der Waals surface area contributed by atoms with Crippen LogP contribution >= 0.6 is 11.6 Å². The Balaban J connectivity index is 2.27. The summed E-state index contributed by atoms with van der Waals surface area (Å²) in [5.74, 6) is 5.93. The van der Waals surface area contributed by atoms with Crippen molar-refractivity contribution in [1.29, 1.82) is 0 Å². The number of hydrogen-bond acceptors (Lipinski definition) is 4. The maximum atomic E-state index is 11.8. The lowest BCUT2D eigenvalue weighted by atomic mass is 9.81. The molecule has 0 aromatic heterocycles. The number of hydrogen-bond donors (Lipinski definition) is 2. The molecule has 0 amide bonds. The molecular formula is C15H23ClN2O2S. The van der Waals surface area contributed by atoms with Crippen molar-refractivity contribution in [2.24, 2.45) is 11.8 Å². The summed E-state index contributed by atoms with van der Waals surface area (Å²) in [7, 11) is -3.00. The monoisotopic (exact) mass is 330 g/mol. The molecule has 1 aliphatic carbocycles. The zero-order valence-electron chi connectivity index (χ0n) is 12.5. The van der Waals surface area contributed by atoms with Crippen LogP contribution in [0.5, 0.6) is 0 Å². The van der Waals surface area contributed by atoms with E-state index in [2.05, 4.69) is 5.43 Å². The van der Waals surface area contributed by atoms with Crippen LogP contribution in [0.15, 0.2) is 18.2 Å². The van der Waals surface area contributed by atoms with Crippen LogP contribution in [0, 0.1) is 12.8 Å². The molecule has 1 aliphatic rings. The van der Waals surface area contributed by atoms with Gasteiger partial charge in [-0.25, -0.2) is 8.42 Å². The van der Waals surface area contributed by atoms with Gasteiger partial charge in [-0.05, 0) is 43.2 Å². The second kappa shape index (κ2) is 6.65. The number of rotatable bonds is 4. The first-order valence-electron chi connectivity index (χ1n) is 7.24. The standard InChI is InChI=1S/C15H23ClN2O2S/c1-10-5-3-8-13(14(10)16)15(18-17)11-6-4-7-12(9-11)21(2,19)20/h3,5,8,11-12,15,18H,4,6-7,9,17H2,1-2H3. The highest BCUT2D eigenvalue weighted by molar-refractivity contribution is 7.91. The Labute approximate surface area is 131 Å². The zero-order chi connectivity index (χ0) is 15.6. The Morgan fingerprint density at radius 2 is 2.10 bits per heavy atom. The molecule has 21 heavy (non-hydrogen) atoms. The SMILES string of the molecule is Cc1cccc(C(NN)C2CCCC(S(C)(=O)=O)C2)c1Cl. The number of sulfone groups is 1. The summed E-state index contributed by atoms with van der Waals surface area (Å²) in [6, 6.07) is 5.77. The molecule has 1 aromatic rings. The smallest absolute Gasteiger partial charge is 0.150 e. The molecule has 6 heteroatoms. The molecule has 118 valence electrons. The van der Waals surface area contributed by atoms with Crippen LogP contribution < -0.4 is 11.3 Å². The van der Waals surface area contributed by atoms with Crippen molar-refractivity contribution in [2.45, 2.75) is 43.9 Å². The Morgan fingerprint density at radius 1 is 1.38 bits per heavy atom. The average molecular weight is 331 g/mol. The maximum Gasteiger partial charge on any atom is 0.150 e. The molecule has 4 nitrogen and oxygen atoms in total. The molecule has 0 aliphatic heterocycles. The van der Waals surface area contributed by atoms with Crippen LogP contribution in [0.3, 0.4) is 0 Å². The minimum atomic E-state index is -3.00. The zero-order valence-corrected chi connectivity index (χ0v) is 14.0. The van der Waals surface area contributed by atoms with Gasteiger partial charge in [0.25, 0.3) is 0 Å². The van der Waals surface area contributed by atoms with Crippen LogP contribution in [-0.4, -0.2) is 19.9 Å². The maximum absolute atomic E-state index is 11.8. The van der Waals surface area contributed by atoms with Gasteiger partial charge in [0.1, 0.15) is 9.84 Å². The minimum Gasteiger partial charge on any atom is -0.271 e. The van der Waals surface area contributed by atoms with Crippen molar-refractivity contribution in [3.05, 3.63) is 34.3 Å². The third-order valence-corrected chi connectivity index (χ3v) is 6.64. The topological polar surface area (TPSA) is 72.2 Å². The Hall–Kier alpha value is -0.620. The molecule has 3 atom stereocenters. The number of nitrogens with two attached hydrogens (primary N) is 1. The van der Waals surface area contributed by atoms with E-state index in [0.717, 1.165) is 30.4 Å². The van der Waals surface area contributed by atoms with Gasteiger partial charge in [-0.1, -0.05) is 36.2 Å². The fourth-order valence-corrected chi connectivity index (χ4v) is 4.70. The van der Waals surface area contributed by atoms with Gasteiger partial charge in [0.15, 0.2) is 0 Å². The number of benzene rings is 1. The van der Waals surface area contributed by atoms with Crippen LogP contribution in [0.4, 0.5) is 0 Å². The lowest BCUT2D eigenvalue weighted by Gasteiger charge is -2.34. The van der Waals surface area contributed by atoms with E-state index in [1.165, 1.54) is 6.26 Å². The van der Waals surface area contributed by atoms with E-state index in [1.807, 2.05) is 25.1 Å². The molecule has 0 spiro atoms. The first-order chi connectivity index (χ1) is 9.84. The second-order valence-corrected chi connectivity index (χ2v) is 8.70. The van der Waals surface area contributed by atoms with E-state index >= 15 is 0 Å². The molecule has 3 unspecified atom stereocenters. The minimum absolute atomic E-state index is 0.109. The van der Waals surface area contributed by atoms with E-state index in [1.54, 1.807) is 0 Å². The number of hydrazine groups is 1. The highest BCUT2D eigenvalue weighted by atomic mass is 35.5. The van der Waals surface area contributed by atoms with Gasteiger partial charge in [0.2, 0.25) is 0 Å². The van der Waals surface area contributed by atoms with Crippen molar-refractivity contribution in [3.63, 3.8) is 0 Å². The van der Waals surface area contributed by atoms with E-state index in [9.17, 15) is 8.42 Å². The van der Waals surface area contributed by atoms with Gasteiger partial charge in [-0.2, -0.15) is 0 Å². The molecule has 0 saturated heterocycles. The van der Waals surface area contributed by atoms with Gasteiger partial charge < -0.3 is 0 Å². The Kier molecular flexibility index (Phi) is 5.30. The fourth-order valence-electron chi connectivity index (χ4n) is 3.26. The molecule has 3 N–H and O–H groups in total. The second-order valence-electron chi connectivity index (χ2n) is 6.00. The summed E-state index contributed by atoms with van der Waals surface area (Å²) >= 11 is 6.40. The quantitative estimate of drug-likeness (QED) is 0.657. The molecule has 0 radical (unpaired) electrons. The van der Waals surface area contributed by atoms with Crippen molar-refractivity contribution in [3.8, 4) is 0 Å². The van der Waals surface area contributed by atoms with Gasteiger partial charge in [-0.15, -0.1) is 0 Å². The molecular weight excluding hydrogens is 308 g/mol. The first-order valence-corrected chi connectivity index (χ1v) is 9.58. The Bertz CT molecular complexity index is 604. The normalized spacial score (nSPS) is 24.8. The van der Waals surface area contributed by atoms with Gasteiger partial charge in [-0.3, -0.25) is 11.3 Å². The van der Waals surface area contributed by atoms with Crippen LogP contribution in [0.1, 0.15) is 42.9 Å². The summed E-state index contributed by atoms with van der Waals surface area (Å²) in [5, 5.41) is 0.442. The van der Waals surface area contributed by atoms with Crippen molar-refractivity contribution >= 4 is 21.4 Å². The predicted octanol–water partition coefficient (Wildman–Crippen LogP) is 2.76. The van der Waals surface area contributed by atoms with E-state index in [0.29, 0.717) is 11.4 Å². The highest BCUT2D eigenvalue weighted by Crippen LogP contribution is 2.39. The van der Waals surface area contributed by atoms with E-state index in [4.69, 9.17) is 17.4 Å². The van der Waals surface area contributed by atoms with Crippen molar-refractivity contribution < 1.29 is 8.42 Å². The average Bonchev–Trinajstić information content (AvgIpc) is 2.44. The molecule has 1 aromatic carbocycles. The van der Waals surface area contributed by atoms with Crippen LogP contribution in [0.2, 0.25) is 5.02 Å². The van der Waals surface area contributed by atoms with Crippen molar-refractivity contribution in [2.75, 3.05) is 6.26 Å². The predicted molar refractivity (Wildman–Crippen MR) is 86.8 cm³/mol. The third kappa shape index (κ3) is 3.77. The number of halogens is 1. The van der Waals surface area contributed by atoms with Gasteiger partial charge >= 0.3 is 0 Å². The van der Waals surface area contributed by atoms with Gasteiger partial charge in [0, 0.05) is 11.3 Å². The summed E-state index contributed by atoms with van der Waals surface area (Å²) in [6.07, 6.45) is 4.58. The summed E-state index contributed by atoms with van der Waals surface area (Å²) in [6.45, 7) is 1.96. The van der Waals surface area contributed by atoms with E-state index in [-0.39, 0.29) is 17.2 Å². The van der Waals surface area contributed by atoms with Crippen molar-refractivity contribution in [1.82, 2.24) is 5.43 Å². The van der Waals surface area contributed by atoms with Crippen LogP contribution in [0.25, 0.3) is 0 Å². The largest absolute Gasteiger partial charge is 0.271 e.